The van der Waals surface area contributed by atoms with E-state index in [9.17, 15) is 0 Å². The van der Waals surface area contributed by atoms with Gasteiger partial charge in [-0.25, -0.2) is 4.98 Å². The van der Waals surface area contributed by atoms with Crippen molar-refractivity contribution < 1.29 is 11.0 Å². The molecule has 0 radical (unpaired) electrons. The lowest BCUT2D eigenvalue weighted by molar-refractivity contribution is 0.194. The second-order valence-corrected chi connectivity index (χ2v) is 9.51. The van der Waals surface area contributed by atoms with Gasteiger partial charge in [0.05, 0.1) is 23.8 Å². The molecule has 0 spiro atoms. The number of pyridine rings is 2. The van der Waals surface area contributed by atoms with E-state index < -0.39 is 0 Å². The summed E-state index contributed by atoms with van der Waals surface area (Å²) in [6.45, 7) is 8.20. The topological polar surface area (TPSA) is 148 Å². The van der Waals surface area contributed by atoms with Crippen LogP contribution in [0.4, 0.5) is 5.95 Å². The van der Waals surface area contributed by atoms with Crippen molar-refractivity contribution in [1.29, 1.82) is 0 Å². The van der Waals surface area contributed by atoms with Crippen LogP contribution in [-0.4, -0.2) is 67.1 Å². The van der Waals surface area contributed by atoms with Crippen molar-refractivity contribution in [3.63, 3.8) is 0 Å². The number of nitrogens with two attached hydrogens (primary N) is 1. The number of hydrogen-bond acceptors (Lipinski definition) is 6. The van der Waals surface area contributed by atoms with Gasteiger partial charge >= 0.3 is 0 Å². The molecule has 4 heterocycles. The molecule has 0 bridgehead atoms. The Labute approximate surface area is 242 Å². The Hall–Kier alpha value is -2.24. The molecule has 0 saturated carbocycles. The van der Waals surface area contributed by atoms with Crippen LogP contribution >= 0.6 is 37.2 Å². The van der Waals surface area contributed by atoms with Gasteiger partial charge in [0.15, 0.2) is 0 Å². The second kappa shape index (κ2) is 16.0. The normalized spacial score (nSPS) is 14.4. The number of aromatic nitrogens is 4. The van der Waals surface area contributed by atoms with Crippen LogP contribution in [0.15, 0.2) is 55.0 Å². The minimum absolute atomic E-state index is 0. The predicted molar refractivity (Wildman–Crippen MR) is 163 cm³/mol. The largest absolute Gasteiger partial charge is 0.412 e. The zero-order valence-electron chi connectivity index (χ0n) is 21.7. The predicted octanol–water partition coefficient (Wildman–Crippen LogP) is 3.50. The third-order valence-corrected chi connectivity index (χ3v) is 6.84. The summed E-state index contributed by atoms with van der Waals surface area (Å²) in [5.74, 6) is 1.42. The fourth-order valence-corrected chi connectivity index (χ4v) is 4.67. The molecule has 0 amide bonds. The van der Waals surface area contributed by atoms with E-state index in [1.807, 2.05) is 30.7 Å². The molecule has 7 N–H and O–H groups in total. The molecule has 1 aliphatic heterocycles. The van der Waals surface area contributed by atoms with Crippen molar-refractivity contribution in [2.75, 3.05) is 25.0 Å². The first-order valence-corrected chi connectivity index (χ1v) is 12.0. The minimum atomic E-state index is 0. The number of likely N-dealkylation sites (tertiary alicyclic amines) is 1. The van der Waals surface area contributed by atoms with Crippen LogP contribution in [-0.2, 0) is 6.54 Å². The van der Waals surface area contributed by atoms with Crippen LogP contribution in [0.25, 0.3) is 21.9 Å². The summed E-state index contributed by atoms with van der Waals surface area (Å²) in [5, 5.41) is 4.90. The van der Waals surface area contributed by atoms with Gasteiger partial charge in [0.1, 0.15) is 5.52 Å². The summed E-state index contributed by atoms with van der Waals surface area (Å²) in [7, 11) is 0. The minimum Gasteiger partial charge on any atom is -0.412 e. The van der Waals surface area contributed by atoms with Gasteiger partial charge in [-0.3, -0.25) is 9.97 Å². The van der Waals surface area contributed by atoms with Gasteiger partial charge in [0.2, 0.25) is 5.95 Å². The molecule has 12 heteroatoms. The van der Waals surface area contributed by atoms with Crippen molar-refractivity contribution in [3.05, 3.63) is 60.6 Å². The molecule has 1 atom stereocenters. The van der Waals surface area contributed by atoms with E-state index in [1.165, 1.54) is 5.56 Å². The number of para-hydroxylation sites is 1. The van der Waals surface area contributed by atoms with Crippen LogP contribution in [0.5, 0.6) is 0 Å². The summed E-state index contributed by atoms with van der Waals surface area (Å²) in [6.07, 6.45) is 7.71. The maximum Gasteiger partial charge on any atom is 0.204 e. The van der Waals surface area contributed by atoms with Crippen molar-refractivity contribution in [2.45, 2.75) is 45.3 Å². The smallest absolute Gasteiger partial charge is 0.204 e. The molecule has 38 heavy (non-hydrogen) atoms. The van der Waals surface area contributed by atoms with E-state index >= 15 is 0 Å². The lowest BCUT2D eigenvalue weighted by Crippen LogP contribution is -2.46. The van der Waals surface area contributed by atoms with Gasteiger partial charge < -0.3 is 31.5 Å². The highest BCUT2D eigenvalue weighted by atomic mass is 35.5. The summed E-state index contributed by atoms with van der Waals surface area (Å²) in [4.78, 5) is 16.3. The molecule has 1 saturated heterocycles. The van der Waals surface area contributed by atoms with Crippen molar-refractivity contribution in [2.24, 2.45) is 11.7 Å². The Bertz CT molecular complexity index is 1240. The number of fused-ring (bicyclic) bond motifs is 2. The number of piperidine rings is 1. The average Bonchev–Trinajstić information content (AvgIpc) is 3.17. The number of anilines is 1. The van der Waals surface area contributed by atoms with E-state index in [1.54, 1.807) is 0 Å². The first kappa shape index (κ1) is 35.8. The third-order valence-electron chi connectivity index (χ3n) is 6.84. The van der Waals surface area contributed by atoms with Crippen LogP contribution < -0.4 is 11.1 Å². The van der Waals surface area contributed by atoms with Crippen LogP contribution in [0.2, 0.25) is 0 Å². The zero-order valence-corrected chi connectivity index (χ0v) is 24.2. The number of nitrogens with one attached hydrogen (secondary N) is 1. The molecule has 1 aliphatic rings. The Morgan fingerprint density at radius 3 is 2.42 bits per heavy atom. The number of benzene rings is 1. The van der Waals surface area contributed by atoms with E-state index in [0.29, 0.717) is 18.5 Å². The van der Waals surface area contributed by atoms with Crippen LogP contribution in [0, 0.1) is 5.92 Å². The molecule has 212 valence electrons. The molecule has 1 aromatic carbocycles. The van der Waals surface area contributed by atoms with Crippen LogP contribution in [0.1, 0.15) is 32.3 Å². The molecule has 4 aromatic rings. The van der Waals surface area contributed by atoms with Crippen LogP contribution in [0.3, 0.4) is 0 Å². The second-order valence-electron chi connectivity index (χ2n) is 9.51. The van der Waals surface area contributed by atoms with Gasteiger partial charge in [-0.1, -0.05) is 38.1 Å². The zero-order chi connectivity index (χ0) is 22.8. The fourth-order valence-electron chi connectivity index (χ4n) is 4.67. The highest BCUT2D eigenvalue weighted by Gasteiger charge is 2.23. The average molecular weight is 589 g/mol. The summed E-state index contributed by atoms with van der Waals surface area (Å²) in [5.41, 5.74) is 10.5. The Morgan fingerprint density at radius 2 is 1.71 bits per heavy atom. The van der Waals surface area contributed by atoms with Crippen molar-refractivity contribution in [1.82, 2.24) is 24.4 Å². The summed E-state index contributed by atoms with van der Waals surface area (Å²) < 4.78 is 2.27. The van der Waals surface area contributed by atoms with Gasteiger partial charge in [-0.05, 0) is 36.5 Å². The summed E-state index contributed by atoms with van der Waals surface area (Å²) in [6, 6.07) is 13.1. The van der Waals surface area contributed by atoms with Gasteiger partial charge in [-0.15, -0.1) is 37.2 Å². The number of halogens is 3. The monoisotopic (exact) mass is 587 g/mol. The molecule has 1 fully saturated rings. The number of imidazole rings is 1. The molecule has 0 aliphatic carbocycles. The fraction of sp³-hybridized carbons (Fsp3) is 0.423. The van der Waals surface area contributed by atoms with E-state index in [0.717, 1.165) is 60.4 Å². The highest BCUT2D eigenvalue weighted by Crippen LogP contribution is 2.25. The Kier molecular flexibility index (Phi) is 15.1. The standard InChI is InChI=1S/C26H33N7.3ClH.2H2O/c1-18(2)22(27)17-32-13-9-21(10-14-32)30-26-31-23-15-28-12-8-24(23)33(26)16-20-6-3-5-19-7-4-11-29-25(19)20;;;;;/h3-8,11-12,15,18,21-22H,9-10,13-14,16-17,27H2,1-2H3,(H,30,31);3*1H;2*1H2. The Morgan fingerprint density at radius 1 is 1.00 bits per heavy atom. The first-order valence-electron chi connectivity index (χ1n) is 12.0. The molecular formula is C26H40Cl3N7O2. The van der Waals surface area contributed by atoms with Crippen molar-refractivity contribution in [3.8, 4) is 0 Å². The highest BCUT2D eigenvalue weighted by molar-refractivity contribution is 5.86. The van der Waals surface area contributed by atoms with Gasteiger partial charge in [-0.2, -0.15) is 0 Å². The van der Waals surface area contributed by atoms with E-state index in [4.69, 9.17) is 10.7 Å². The van der Waals surface area contributed by atoms with E-state index in [2.05, 4.69) is 62.9 Å². The van der Waals surface area contributed by atoms with Gasteiger partial charge in [0.25, 0.3) is 0 Å². The molecular weight excluding hydrogens is 549 g/mol. The number of rotatable bonds is 7. The molecule has 9 nitrogen and oxygen atoms in total. The molecule has 5 rings (SSSR count). The number of hydrogen-bond donors (Lipinski definition) is 2. The summed E-state index contributed by atoms with van der Waals surface area (Å²) >= 11 is 0. The van der Waals surface area contributed by atoms with Gasteiger partial charge in [0, 0.05) is 49.5 Å². The maximum atomic E-state index is 6.30. The SMILES string of the molecule is CC(C)C(N)CN1CCC(Nc2nc3cnccc3n2Cc2cccc3cccnc23)CC1.Cl.Cl.Cl.O.O. The maximum absolute atomic E-state index is 6.30. The third kappa shape index (κ3) is 7.89. The number of nitrogens with zero attached hydrogens (tertiary/aromatic N) is 5. The first-order chi connectivity index (χ1) is 16.1. The van der Waals surface area contributed by atoms with Crippen molar-refractivity contribution >= 4 is 65.1 Å². The molecule has 3 aromatic heterocycles. The lowest BCUT2D eigenvalue weighted by atomic mass is 10.0. The lowest BCUT2D eigenvalue weighted by Gasteiger charge is -2.34. The van der Waals surface area contributed by atoms with E-state index in [-0.39, 0.29) is 54.2 Å². The quantitative estimate of drug-likeness (QED) is 0.338. The molecule has 1 unspecified atom stereocenters. The Balaban J connectivity index is 0.00000274.